The number of benzene rings is 2. The fourth-order valence-electron chi connectivity index (χ4n) is 3.22. The van der Waals surface area contributed by atoms with Crippen molar-refractivity contribution >= 4 is 23.0 Å². The van der Waals surface area contributed by atoms with Gasteiger partial charge in [0, 0.05) is 25.3 Å². The van der Waals surface area contributed by atoms with Gasteiger partial charge in [-0.15, -0.1) is 0 Å². The number of ether oxygens (including phenoxy) is 1. The smallest absolute Gasteiger partial charge is 0.170 e. The second kappa shape index (κ2) is 9.78. The molecule has 2 aromatic carbocycles. The molecule has 0 amide bonds. The van der Waals surface area contributed by atoms with E-state index in [1.165, 1.54) is 17.7 Å². The second-order valence-electron chi connectivity index (χ2n) is 6.60. The predicted molar refractivity (Wildman–Crippen MR) is 112 cm³/mol. The van der Waals surface area contributed by atoms with Crippen molar-refractivity contribution in [1.82, 2.24) is 10.2 Å². The molecule has 3 rings (SSSR count). The van der Waals surface area contributed by atoms with E-state index >= 15 is 0 Å². The Hall–Kier alpha value is -2.02. The first-order valence-corrected chi connectivity index (χ1v) is 9.77. The van der Waals surface area contributed by atoms with Gasteiger partial charge in [0.05, 0.1) is 19.3 Å². The maximum absolute atomic E-state index is 13.3. The summed E-state index contributed by atoms with van der Waals surface area (Å²) in [6.45, 7) is 5.90. The highest BCUT2D eigenvalue weighted by molar-refractivity contribution is 7.80. The van der Waals surface area contributed by atoms with Crippen LogP contribution in [0, 0.1) is 5.82 Å². The zero-order chi connectivity index (χ0) is 19.1. The number of nitrogens with zero attached hydrogens (tertiary/aromatic N) is 1. The summed E-state index contributed by atoms with van der Waals surface area (Å²) in [7, 11) is 0. The fraction of sp³-hybridized carbons (Fsp3) is 0.381. The van der Waals surface area contributed by atoms with Gasteiger partial charge in [-0.2, -0.15) is 0 Å². The van der Waals surface area contributed by atoms with Crippen molar-refractivity contribution in [3.63, 3.8) is 0 Å². The van der Waals surface area contributed by atoms with Crippen LogP contribution in [-0.2, 0) is 11.2 Å². The monoisotopic (exact) mass is 387 g/mol. The van der Waals surface area contributed by atoms with E-state index in [2.05, 4.69) is 34.6 Å². The molecular formula is C21H26FN3OS. The molecule has 0 radical (unpaired) electrons. The Morgan fingerprint density at radius 3 is 2.41 bits per heavy atom. The number of thiocarbonyl (C=S) groups is 1. The minimum atomic E-state index is -0.222. The summed E-state index contributed by atoms with van der Waals surface area (Å²) in [4.78, 5) is 2.35. The van der Waals surface area contributed by atoms with Gasteiger partial charge >= 0.3 is 0 Å². The van der Waals surface area contributed by atoms with Gasteiger partial charge in [0.15, 0.2) is 5.11 Å². The molecule has 1 heterocycles. The van der Waals surface area contributed by atoms with Crippen LogP contribution in [0.15, 0.2) is 48.5 Å². The maximum Gasteiger partial charge on any atom is 0.170 e. The summed E-state index contributed by atoms with van der Waals surface area (Å²) in [5, 5.41) is 7.13. The van der Waals surface area contributed by atoms with E-state index in [4.69, 9.17) is 17.0 Å². The zero-order valence-electron chi connectivity index (χ0n) is 15.6. The van der Waals surface area contributed by atoms with E-state index in [9.17, 15) is 4.39 Å². The van der Waals surface area contributed by atoms with Gasteiger partial charge < -0.3 is 15.4 Å². The molecule has 0 saturated carbocycles. The molecule has 0 aliphatic carbocycles. The minimum absolute atomic E-state index is 0.108. The number of nitrogens with one attached hydrogen (secondary N) is 2. The topological polar surface area (TPSA) is 36.5 Å². The van der Waals surface area contributed by atoms with Crippen LogP contribution in [0.3, 0.4) is 0 Å². The summed E-state index contributed by atoms with van der Waals surface area (Å²) >= 11 is 5.46. The number of aryl methyl sites for hydroxylation is 1. The molecule has 0 bridgehead atoms. The van der Waals surface area contributed by atoms with Crippen LogP contribution < -0.4 is 10.6 Å². The van der Waals surface area contributed by atoms with Crippen LogP contribution in [0.25, 0.3) is 0 Å². The van der Waals surface area contributed by atoms with Crippen molar-refractivity contribution in [3.05, 3.63) is 65.5 Å². The number of anilines is 1. The third-order valence-electron chi connectivity index (χ3n) is 4.82. The largest absolute Gasteiger partial charge is 0.379 e. The average Bonchev–Trinajstić information content (AvgIpc) is 2.71. The van der Waals surface area contributed by atoms with Crippen molar-refractivity contribution in [2.24, 2.45) is 0 Å². The average molecular weight is 388 g/mol. The van der Waals surface area contributed by atoms with Crippen LogP contribution in [0.5, 0.6) is 0 Å². The van der Waals surface area contributed by atoms with Crippen molar-refractivity contribution in [3.8, 4) is 0 Å². The second-order valence-corrected chi connectivity index (χ2v) is 7.01. The van der Waals surface area contributed by atoms with Crippen molar-refractivity contribution in [1.29, 1.82) is 0 Å². The summed E-state index contributed by atoms with van der Waals surface area (Å²) < 4.78 is 18.8. The molecular weight excluding hydrogens is 361 g/mol. The van der Waals surface area contributed by atoms with Gasteiger partial charge in [0.2, 0.25) is 0 Å². The zero-order valence-corrected chi connectivity index (χ0v) is 16.4. The molecule has 1 fully saturated rings. The van der Waals surface area contributed by atoms with E-state index in [-0.39, 0.29) is 11.9 Å². The Morgan fingerprint density at radius 1 is 1.11 bits per heavy atom. The number of rotatable bonds is 6. The molecule has 2 N–H and O–H groups in total. The lowest BCUT2D eigenvalue weighted by Crippen LogP contribution is -2.44. The SMILES string of the molecule is CCc1ccc(NC(=S)NC[C@H](c2ccc(F)cc2)N2CCOCC2)cc1. The van der Waals surface area contributed by atoms with Crippen molar-refractivity contribution in [2.45, 2.75) is 19.4 Å². The summed E-state index contributed by atoms with van der Waals surface area (Å²) in [5.74, 6) is -0.222. The van der Waals surface area contributed by atoms with E-state index in [1.54, 1.807) is 0 Å². The van der Waals surface area contributed by atoms with Crippen LogP contribution >= 0.6 is 12.2 Å². The molecule has 1 aliphatic heterocycles. The van der Waals surface area contributed by atoms with E-state index in [0.717, 1.165) is 30.8 Å². The Balaban J connectivity index is 1.62. The Kier molecular flexibility index (Phi) is 7.15. The van der Waals surface area contributed by atoms with Gasteiger partial charge in [-0.25, -0.2) is 4.39 Å². The van der Waals surface area contributed by atoms with Gasteiger partial charge in [0.1, 0.15) is 5.82 Å². The molecule has 1 atom stereocenters. The molecule has 1 aliphatic rings. The lowest BCUT2D eigenvalue weighted by atomic mass is 10.0. The fourth-order valence-corrected chi connectivity index (χ4v) is 3.42. The number of morpholine rings is 1. The third-order valence-corrected chi connectivity index (χ3v) is 5.06. The lowest BCUT2D eigenvalue weighted by Gasteiger charge is -2.35. The molecule has 1 saturated heterocycles. The number of halogens is 1. The summed E-state index contributed by atoms with van der Waals surface area (Å²) in [6.07, 6.45) is 1.02. The van der Waals surface area contributed by atoms with Crippen LogP contribution in [0.1, 0.15) is 24.1 Å². The van der Waals surface area contributed by atoms with Crippen LogP contribution in [0.2, 0.25) is 0 Å². The third kappa shape index (κ3) is 5.73. The Labute approximate surface area is 165 Å². The molecule has 2 aromatic rings. The highest BCUT2D eigenvalue weighted by Crippen LogP contribution is 2.22. The molecule has 6 heteroatoms. The minimum Gasteiger partial charge on any atom is -0.379 e. The maximum atomic E-state index is 13.3. The molecule has 0 aromatic heterocycles. The summed E-state index contributed by atoms with van der Waals surface area (Å²) in [5.41, 5.74) is 3.33. The molecule has 0 spiro atoms. The van der Waals surface area contributed by atoms with Crippen molar-refractivity contribution in [2.75, 3.05) is 38.2 Å². The number of hydrogen-bond donors (Lipinski definition) is 2. The molecule has 4 nitrogen and oxygen atoms in total. The van der Waals surface area contributed by atoms with Gasteiger partial charge in [-0.05, 0) is 54.0 Å². The van der Waals surface area contributed by atoms with Crippen LogP contribution in [-0.4, -0.2) is 42.9 Å². The summed E-state index contributed by atoms with van der Waals surface area (Å²) in [6, 6.07) is 15.1. The van der Waals surface area contributed by atoms with Gasteiger partial charge in [-0.3, -0.25) is 4.90 Å². The standard InChI is InChI=1S/C21H26FN3OS/c1-2-16-3-9-19(10-4-16)24-21(27)23-15-20(25-11-13-26-14-12-25)17-5-7-18(22)8-6-17/h3-10,20H,2,11-15H2,1H3,(H2,23,24,27)/t20-/m1/s1. The van der Waals surface area contributed by atoms with Crippen LogP contribution in [0.4, 0.5) is 10.1 Å². The molecule has 0 unspecified atom stereocenters. The molecule has 27 heavy (non-hydrogen) atoms. The van der Waals surface area contributed by atoms with E-state index < -0.39 is 0 Å². The highest BCUT2D eigenvalue weighted by Gasteiger charge is 2.22. The Morgan fingerprint density at radius 2 is 1.78 bits per heavy atom. The highest BCUT2D eigenvalue weighted by atomic mass is 32.1. The quantitative estimate of drug-likeness (QED) is 0.739. The van der Waals surface area contributed by atoms with E-state index in [0.29, 0.717) is 24.9 Å². The predicted octanol–water partition coefficient (Wildman–Crippen LogP) is 3.75. The van der Waals surface area contributed by atoms with E-state index in [1.807, 2.05) is 24.3 Å². The first-order chi connectivity index (χ1) is 13.2. The number of hydrogen-bond acceptors (Lipinski definition) is 3. The van der Waals surface area contributed by atoms with Gasteiger partial charge in [0.25, 0.3) is 0 Å². The first kappa shape index (κ1) is 19.7. The first-order valence-electron chi connectivity index (χ1n) is 9.36. The molecule has 144 valence electrons. The normalized spacial score (nSPS) is 15.9. The van der Waals surface area contributed by atoms with Gasteiger partial charge in [-0.1, -0.05) is 31.2 Å². The van der Waals surface area contributed by atoms with Crippen molar-refractivity contribution < 1.29 is 9.13 Å². The lowest BCUT2D eigenvalue weighted by molar-refractivity contribution is 0.0170. The Bertz CT molecular complexity index is 730.